The number of hydrazine groups is 1. The van der Waals surface area contributed by atoms with Crippen LogP contribution in [0.1, 0.15) is 12.5 Å². The minimum absolute atomic E-state index is 0.262. The van der Waals surface area contributed by atoms with E-state index in [1.165, 1.54) is 5.01 Å². The molecular formula is C14H17N3O. The standard InChI is InChI=1S/C14H17N3O/c1-2-17(16)9-14(15)12-4-3-11-8-13(18)6-5-10(11)7-12/h3-9,18H,2,15-16H2,1H3/b14-9-. The number of benzene rings is 2. The first-order valence-electron chi connectivity index (χ1n) is 5.82. The van der Waals surface area contributed by atoms with Crippen LogP contribution in [0.2, 0.25) is 0 Å². The molecule has 0 aliphatic carbocycles. The van der Waals surface area contributed by atoms with Crippen molar-refractivity contribution in [1.82, 2.24) is 5.01 Å². The van der Waals surface area contributed by atoms with Crippen molar-refractivity contribution >= 4 is 16.5 Å². The lowest BCUT2D eigenvalue weighted by atomic mass is 10.1. The summed E-state index contributed by atoms with van der Waals surface area (Å²) in [5, 5.41) is 12.9. The zero-order chi connectivity index (χ0) is 13.1. The van der Waals surface area contributed by atoms with Crippen molar-refractivity contribution in [3.05, 3.63) is 48.2 Å². The zero-order valence-corrected chi connectivity index (χ0v) is 10.3. The summed E-state index contributed by atoms with van der Waals surface area (Å²) in [5.74, 6) is 5.95. The summed E-state index contributed by atoms with van der Waals surface area (Å²) in [6, 6.07) is 11.1. The van der Waals surface area contributed by atoms with E-state index < -0.39 is 0 Å². The van der Waals surface area contributed by atoms with Crippen molar-refractivity contribution in [3.63, 3.8) is 0 Å². The zero-order valence-electron chi connectivity index (χ0n) is 10.3. The van der Waals surface area contributed by atoms with E-state index in [-0.39, 0.29) is 5.75 Å². The van der Waals surface area contributed by atoms with Gasteiger partial charge in [0.2, 0.25) is 0 Å². The molecule has 5 N–H and O–H groups in total. The van der Waals surface area contributed by atoms with Gasteiger partial charge >= 0.3 is 0 Å². The molecule has 4 heteroatoms. The third kappa shape index (κ3) is 2.55. The maximum atomic E-state index is 9.40. The van der Waals surface area contributed by atoms with E-state index in [1.807, 2.05) is 31.2 Å². The first kappa shape index (κ1) is 12.3. The van der Waals surface area contributed by atoms with Crippen LogP contribution in [0.4, 0.5) is 0 Å². The van der Waals surface area contributed by atoms with Crippen molar-refractivity contribution in [3.8, 4) is 5.75 Å². The molecule has 0 aromatic heterocycles. The summed E-state index contributed by atoms with van der Waals surface area (Å²) in [5.41, 5.74) is 7.52. The number of phenols is 1. The predicted molar refractivity (Wildman–Crippen MR) is 74.3 cm³/mol. The van der Waals surface area contributed by atoms with E-state index >= 15 is 0 Å². The topological polar surface area (TPSA) is 75.5 Å². The van der Waals surface area contributed by atoms with Gasteiger partial charge in [-0.05, 0) is 41.5 Å². The van der Waals surface area contributed by atoms with Crippen LogP contribution in [-0.4, -0.2) is 16.7 Å². The van der Waals surface area contributed by atoms with E-state index in [9.17, 15) is 5.11 Å². The molecule has 4 nitrogen and oxygen atoms in total. The molecule has 0 spiro atoms. The highest BCUT2D eigenvalue weighted by Crippen LogP contribution is 2.22. The lowest BCUT2D eigenvalue weighted by Crippen LogP contribution is -2.25. The minimum Gasteiger partial charge on any atom is -0.508 e. The molecule has 0 bridgehead atoms. The summed E-state index contributed by atoms with van der Waals surface area (Å²) >= 11 is 0. The van der Waals surface area contributed by atoms with Gasteiger partial charge in [-0.15, -0.1) is 0 Å². The molecule has 0 heterocycles. The van der Waals surface area contributed by atoms with Crippen LogP contribution in [0.3, 0.4) is 0 Å². The molecule has 94 valence electrons. The van der Waals surface area contributed by atoms with Gasteiger partial charge in [-0.25, -0.2) is 5.84 Å². The number of phenolic OH excluding ortho intramolecular Hbond substituents is 1. The van der Waals surface area contributed by atoms with Gasteiger partial charge < -0.3 is 15.8 Å². The van der Waals surface area contributed by atoms with Gasteiger partial charge in [-0.3, -0.25) is 0 Å². The van der Waals surface area contributed by atoms with Gasteiger partial charge in [0.25, 0.3) is 0 Å². The van der Waals surface area contributed by atoms with Gasteiger partial charge in [0.15, 0.2) is 0 Å². The Labute approximate surface area is 106 Å². The van der Waals surface area contributed by atoms with Gasteiger partial charge in [-0.2, -0.15) is 0 Å². The number of hydrogen-bond donors (Lipinski definition) is 3. The maximum absolute atomic E-state index is 9.40. The lowest BCUT2D eigenvalue weighted by Gasteiger charge is -2.12. The van der Waals surface area contributed by atoms with Crippen molar-refractivity contribution in [2.24, 2.45) is 11.6 Å². The van der Waals surface area contributed by atoms with Crippen molar-refractivity contribution < 1.29 is 5.11 Å². The fourth-order valence-electron chi connectivity index (χ4n) is 1.76. The molecule has 2 rings (SSSR count). The lowest BCUT2D eigenvalue weighted by molar-refractivity contribution is 0.418. The molecular weight excluding hydrogens is 226 g/mol. The second-order valence-corrected chi connectivity index (χ2v) is 4.16. The van der Waals surface area contributed by atoms with E-state index in [2.05, 4.69) is 0 Å². The Kier molecular flexibility index (Phi) is 3.39. The van der Waals surface area contributed by atoms with Crippen LogP contribution in [0.25, 0.3) is 16.5 Å². The summed E-state index contributed by atoms with van der Waals surface area (Å²) in [6.07, 6.45) is 1.71. The number of aromatic hydroxyl groups is 1. The van der Waals surface area contributed by atoms with Crippen molar-refractivity contribution in [2.45, 2.75) is 6.92 Å². The third-order valence-corrected chi connectivity index (χ3v) is 2.83. The van der Waals surface area contributed by atoms with E-state index in [1.54, 1.807) is 18.3 Å². The first-order valence-corrected chi connectivity index (χ1v) is 5.82. The fourth-order valence-corrected chi connectivity index (χ4v) is 1.76. The van der Waals surface area contributed by atoms with Crippen molar-refractivity contribution in [1.29, 1.82) is 0 Å². The molecule has 2 aromatic carbocycles. The molecule has 0 fully saturated rings. The fraction of sp³-hybridized carbons (Fsp3) is 0.143. The molecule has 0 amide bonds. The molecule has 0 saturated heterocycles. The molecule has 18 heavy (non-hydrogen) atoms. The van der Waals surface area contributed by atoms with Crippen LogP contribution < -0.4 is 11.6 Å². The molecule has 0 radical (unpaired) electrons. The second-order valence-electron chi connectivity index (χ2n) is 4.16. The van der Waals surface area contributed by atoms with Crippen LogP contribution in [0.15, 0.2) is 42.6 Å². The summed E-state index contributed by atoms with van der Waals surface area (Å²) in [7, 11) is 0. The van der Waals surface area contributed by atoms with Gasteiger partial charge in [0.1, 0.15) is 5.75 Å². The Morgan fingerprint density at radius 3 is 2.61 bits per heavy atom. The largest absolute Gasteiger partial charge is 0.508 e. The average molecular weight is 243 g/mol. The highest BCUT2D eigenvalue weighted by molar-refractivity contribution is 5.87. The smallest absolute Gasteiger partial charge is 0.116 e. The first-order chi connectivity index (χ1) is 8.60. The van der Waals surface area contributed by atoms with Gasteiger partial charge in [0, 0.05) is 12.7 Å². The molecule has 0 unspecified atom stereocenters. The number of fused-ring (bicyclic) bond motifs is 1. The Bertz CT molecular complexity index is 593. The molecule has 2 aromatic rings. The number of nitrogens with zero attached hydrogens (tertiary/aromatic N) is 1. The maximum Gasteiger partial charge on any atom is 0.116 e. The second kappa shape index (κ2) is 4.98. The summed E-state index contributed by atoms with van der Waals surface area (Å²) < 4.78 is 0. The van der Waals surface area contributed by atoms with Gasteiger partial charge in [0.05, 0.1) is 5.70 Å². The Morgan fingerprint density at radius 2 is 1.89 bits per heavy atom. The monoisotopic (exact) mass is 243 g/mol. The Balaban J connectivity index is 2.41. The number of hydrogen-bond acceptors (Lipinski definition) is 4. The molecule has 0 aliphatic heterocycles. The van der Waals surface area contributed by atoms with Crippen LogP contribution in [0.5, 0.6) is 5.75 Å². The highest BCUT2D eigenvalue weighted by Gasteiger charge is 2.01. The van der Waals surface area contributed by atoms with E-state index in [4.69, 9.17) is 11.6 Å². The highest BCUT2D eigenvalue weighted by atomic mass is 16.3. The Hall–Kier alpha value is -2.20. The molecule has 0 atom stereocenters. The quantitative estimate of drug-likeness (QED) is 0.569. The van der Waals surface area contributed by atoms with E-state index in [0.29, 0.717) is 12.2 Å². The average Bonchev–Trinajstić information content (AvgIpc) is 2.37. The SMILES string of the molecule is CCN(N)/C=C(\N)c1ccc2cc(O)ccc2c1. The third-order valence-electron chi connectivity index (χ3n) is 2.83. The summed E-state index contributed by atoms with van der Waals surface area (Å²) in [6.45, 7) is 2.65. The van der Waals surface area contributed by atoms with Crippen LogP contribution >= 0.6 is 0 Å². The molecule has 0 aliphatic rings. The van der Waals surface area contributed by atoms with Crippen LogP contribution in [-0.2, 0) is 0 Å². The number of rotatable bonds is 3. The molecule has 0 saturated carbocycles. The van der Waals surface area contributed by atoms with Gasteiger partial charge in [-0.1, -0.05) is 18.2 Å². The van der Waals surface area contributed by atoms with E-state index in [0.717, 1.165) is 16.3 Å². The van der Waals surface area contributed by atoms with Crippen LogP contribution in [0, 0.1) is 0 Å². The van der Waals surface area contributed by atoms with Crippen molar-refractivity contribution in [2.75, 3.05) is 6.54 Å². The normalized spacial score (nSPS) is 11.8. The predicted octanol–water partition coefficient (Wildman–Crippen LogP) is 2.00. The Morgan fingerprint density at radius 1 is 1.22 bits per heavy atom. The minimum atomic E-state index is 0.262. The summed E-state index contributed by atoms with van der Waals surface area (Å²) in [4.78, 5) is 0. The number of nitrogens with two attached hydrogens (primary N) is 2.